The van der Waals surface area contributed by atoms with Crippen molar-refractivity contribution in [3.05, 3.63) is 65.7 Å². The van der Waals surface area contributed by atoms with E-state index in [9.17, 15) is 9.90 Å². The highest BCUT2D eigenvalue weighted by Gasteiger charge is 2.21. The van der Waals surface area contributed by atoms with Gasteiger partial charge in [0.1, 0.15) is 0 Å². The normalized spacial score (nSPS) is 11.8. The van der Waals surface area contributed by atoms with Crippen LogP contribution < -0.4 is 5.32 Å². The van der Waals surface area contributed by atoms with Gasteiger partial charge >= 0.3 is 6.03 Å². The van der Waals surface area contributed by atoms with Gasteiger partial charge in [0, 0.05) is 19.3 Å². The van der Waals surface area contributed by atoms with E-state index in [2.05, 4.69) is 5.32 Å². The number of hydrogen-bond acceptors (Lipinski definition) is 2. The van der Waals surface area contributed by atoms with Gasteiger partial charge in [-0.05, 0) is 31.0 Å². The predicted octanol–water partition coefficient (Wildman–Crippen LogP) is 3.58. The molecule has 1 unspecified atom stereocenters. The van der Waals surface area contributed by atoms with Gasteiger partial charge in [-0.15, -0.1) is 0 Å². The number of aryl methyl sites for hydroxylation is 1. The summed E-state index contributed by atoms with van der Waals surface area (Å²) in [6.07, 6.45) is 0.502. The van der Waals surface area contributed by atoms with Gasteiger partial charge in [-0.25, -0.2) is 4.79 Å². The van der Waals surface area contributed by atoms with E-state index in [1.54, 1.807) is 11.9 Å². The van der Waals surface area contributed by atoms with Gasteiger partial charge in [-0.2, -0.15) is 0 Å². The quantitative estimate of drug-likeness (QED) is 0.886. The van der Waals surface area contributed by atoms with Gasteiger partial charge in [-0.1, -0.05) is 48.0 Å². The molecule has 0 aliphatic carbocycles. The topological polar surface area (TPSA) is 52.6 Å². The largest absolute Gasteiger partial charge is 0.396 e. The molecule has 0 aliphatic rings. The number of rotatable bonds is 5. The van der Waals surface area contributed by atoms with Crippen LogP contribution in [-0.4, -0.2) is 29.7 Å². The minimum atomic E-state index is -0.189. The van der Waals surface area contributed by atoms with Crippen molar-refractivity contribution in [2.75, 3.05) is 19.0 Å². The lowest BCUT2D eigenvalue weighted by atomic mass is 10.0. The van der Waals surface area contributed by atoms with Crippen LogP contribution in [0, 0.1) is 6.92 Å². The Morgan fingerprint density at radius 3 is 2.36 bits per heavy atom. The number of aliphatic hydroxyl groups excluding tert-OH is 1. The molecule has 0 aliphatic heterocycles. The Hall–Kier alpha value is -2.33. The Balaban J connectivity index is 2.10. The first-order valence-electron chi connectivity index (χ1n) is 7.38. The number of nitrogens with zero attached hydrogens (tertiary/aromatic N) is 1. The molecule has 0 bridgehead atoms. The highest BCUT2D eigenvalue weighted by Crippen LogP contribution is 2.23. The van der Waals surface area contributed by atoms with Gasteiger partial charge in [0.25, 0.3) is 0 Å². The van der Waals surface area contributed by atoms with Crippen molar-refractivity contribution in [3.8, 4) is 0 Å². The number of nitrogens with one attached hydrogen (secondary N) is 1. The molecular weight excluding hydrogens is 276 g/mol. The molecule has 4 nitrogen and oxygen atoms in total. The fraction of sp³-hybridized carbons (Fsp3) is 0.278. The van der Waals surface area contributed by atoms with Crippen LogP contribution in [0.1, 0.15) is 23.6 Å². The summed E-state index contributed by atoms with van der Waals surface area (Å²) in [7, 11) is 1.75. The second-order valence-corrected chi connectivity index (χ2v) is 5.35. The summed E-state index contributed by atoms with van der Waals surface area (Å²) in [6, 6.07) is 17.1. The zero-order valence-corrected chi connectivity index (χ0v) is 13.0. The molecule has 0 saturated heterocycles. The number of carbonyl (C=O) groups excluding carboxylic acids is 1. The Morgan fingerprint density at radius 2 is 1.77 bits per heavy atom. The van der Waals surface area contributed by atoms with Crippen LogP contribution in [0.4, 0.5) is 10.5 Å². The Labute approximate surface area is 131 Å². The Kier molecular flexibility index (Phi) is 5.55. The molecule has 1 atom stereocenters. The van der Waals surface area contributed by atoms with Crippen molar-refractivity contribution in [3.63, 3.8) is 0 Å². The predicted molar refractivity (Wildman–Crippen MR) is 88.8 cm³/mol. The van der Waals surface area contributed by atoms with E-state index in [0.29, 0.717) is 6.42 Å². The molecule has 22 heavy (non-hydrogen) atoms. The molecule has 0 aromatic heterocycles. The van der Waals surface area contributed by atoms with E-state index in [4.69, 9.17) is 0 Å². The monoisotopic (exact) mass is 298 g/mol. The zero-order valence-electron chi connectivity index (χ0n) is 13.0. The maximum absolute atomic E-state index is 12.4. The van der Waals surface area contributed by atoms with Gasteiger partial charge < -0.3 is 15.3 Å². The number of amides is 2. The number of carbonyl (C=O) groups is 1. The molecule has 0 spiro atoms. The molecule has 0 heterocycles. The molecule has 0 radical (unpaired) electrons. The Morgan fingerprint density at radius 1 is 1.14 bits per heavy atom. The smallest absolute Gasteiger partial charge is 0.322 e. The molecular formula is C18H22N2O2. The molecule has 116 valence electrons. The van der Waals surface area contributed by atoms with Crippen LogP contribution in [0.3, 0.4) is 0 Å². The molecule has 2 rings (SSSR count). The highest BCUT2D eigenvalue weighted by molar-refractivity contribution is 5.89. The van der Waals surface area contributed by atoms with Crippen molar-refractivity contribution in [2.24, 2.45) is 0 Å². The highest BCUT2D eigenvalue weighted by atomic mass is 16.3. The molecule has 4 heteroatoms. The van der Waals surface area contributed by atoms with E-state index in [-0.39, 0.29) is 18.7 Å². The van der Waals surface area contributed by atoms with E-state index in [1.807, 2.05) is 61.5 Å². The van der Waals surface area contributed by atoms with Crippen LogP contribution in [0.25, 0.3) is 0 Å². The summed E-state index contributed by atoms with van der Waals surface area (Å²) in [5.74, 6) is 0. The summed E-state index contributed by atoms with van der Waals surface area (Å²) >= 11 is 0. The van der Waals surface area contributed by atoms with Crippen LogP contribution in [0.5, 0.6) is 0 Å². The molecule has 0 fully saturated rings. The summed E-state index contributed by atoms with van der Waals surface area (Å²) in [5.41, 5.74) is 2.92. The molecule has 2 N–H and O–H groups in total. The third-order valence-corrected chi connectivity index (χ3v) is 3.68. The van der Waals surface area contributed by atoms with E-state index < -0.39 is 0 Å². The van der Waals surface area contributed by atoms with Crippen LogP contribution in [0.2, 0.25) is 0 Å². The second kappa shape index (κ2) is 7.61. The van der Waals surface area contributed by atoms with Crippen molar-refractivity contribution in [1.29, 1.82) is 0 Å². The third kappa shape index (κ3) is 4.09. The number of urea groups is 1. The minimum absolute atomic E-state index is 0.0295. The first kappa shape index (κ1) is 16.0. The average Bonchev–Trinajstić information content (AvgIpc) is 2.55. The molecule has 2 aromatic rings. The molecule has 2 amide bonds. The van der Waals surface area contributed by atoms with Gasteiger partial charge in [-0.3, -0.25) is 0 Å². The minimum Gasteiger partial charge on any atom is -0.396 e. The van der Waals surface area contributed by atoms with Crippen molar-refractivity contribution in [1.82, 2.24) is 4.90 Å². The van der Waals surface area contributed by atoms with Crippen molar-refractivity contribution < 1.29 is 9.90 Å². The summed E-state index contributed by atoms with van der Waals surface area (Å²) < 4.78 is 0. The number of anilines is 1. The van der Waals surface area contributed by atoms with Gasteiger partial charge in [0.15, 0.2) is 0 Å². The molecule has 2 aromatic carbocycles. The summed E-state index contributed by atoms with van der Waals surface area (Å²) in [5, 5.41) is 12.2. The Bertz CT molecular complexity index is 596. The number of hydrogen-bond donors (Lipinski definition) is 2. The van der Waals surface area contributed by atoms with Crippen LogP contribution >= 0.6 is 0 Å². The number of aliphatic hydroxyl groups is 1. The van der Waals surface area contributed by atoms with Crippen molar-refractivity contribution in [2.45, 2.75) is 19.4 Å². The second-order valence-electron chi connectivity index (χ2n) is 5.35. The summed E-state index contributed by atoms with van der Waals surface area (Å²) in [6.45, 7) is 2.03. The standard InChI is InChI=1S/C18H22N2O2/c1-14-8-10-16(11-9-14)19-18(22)20(2)17(12-13-21)15-6-4-3-5-7-15/h3-11,17,21H,12-13H2,1-2H3,(H,19,22). The van der Waals surface area contributed by atoms with E-state index in [0.717, 1.165) is 16.8 Å². The lowest BCUT2D eigenvalue weighted by Gasteiger charge is -2.28. The first-order chi connectivity index (χ1) is 10.6. The fourth-order valence-corrected chi connectivity index (χ4v) is 2.37. The fourth-order valence-electron chi connectivity index (χ4n) is 2.37. The first-order valence-corrected chi connectivity index (χ1v) is 7.38. The lowest BCUT2D eigenvalue weighted by molar-refractivity contribution is 0.184. The third-order valence-electron chi connectivity index (χ3n) is 3.68. The summed E-state index contributed by atoms with van der Waals surface area (Å²) in [4.78, 5) is 14.1. The van der Waals surface area contributed by atoms with Crippen LogP contribution in [0.15, 0.2) is 54.6 Å². The van der Waals surface area contributed by atoms with Gasteiger partial charge in [0.2, 0.25) is 0 Å². The van der Waals surface area contributed by atoms with Crippen LogP contribution in [-0.2, 0) is 0 Å². The maximum atomic E-state index is 12.4. The average molecular weight is 298 g/mol. The maximum Gasteiger partial charge on any atom is 0.322 e. The SMILES string of the molecule is Cc1ccc(NC(=O)N(C)C(CCO)c2ccccc2)cc1. The van der Waals surface area contributed by atoms with E-state index >= 15 is 0 Å². The van der Waals surface area contributed by atoms with Crippen molar-refractivity contribution >= 4 is 11.7 Å². The number of benzene rings is 2. The van der Waals surface area contributed by atoms with E-state index in [1.165, 1.54) is 0 Å². The lowest BCUT2D eigenvalue weighted by Crippen LogP contribution is -2.35. The molecule has 0 saturated carbocycles. The van der Waals surface area contributed by atoms with Gasteiger partial charge in [0.05, 0.1) is 6.04 Å². The zero-order chi connectivity index (χ0) is 15.9.